The highest BCUT2D eigenvalue weighted by Gasteiger charge is 2.39. The molecule has 5 atom stereocenters. The van der Waals surface area contributed by atoms with Crippen molar-refractivity contribution in [2.75, 3.05) is 6.61 Å². The molecule has 1 fully saturated rings. The Morgan fingerprint density at radius 1 is 1.31 bits per heavy atom. The minimum atomic E-state index is -1.31. The molecule has 1 aliphatic rings. The first-order valence-electron chi connectivity index (χ1n) is 4.05. The third kappa shape index (κ3) is 2.37. The molecule has 0 saturated carbocycles. The summed E-state index contributed by atoms with van der Waals surface area (Å²) < 4.78 is 4.76. The van der Waals surface area contributed by atoms with Crippen molar-refractivity contribution in [3.63, 3.8) is 0 Å². The average Bonchev–Trinajstić information content (AvgIpc) is 2.10. The molecule has 1 saturated heterocycles. The molecule has 1 heterocycles. The SMILES string of the molecule is OC[C@@H](O)[C@H]1OC(O)C[C@@H](O)[C@@H]1O. The highest BCUT2D eigenvalue weighted by molar-refractivity contribution is 4.86. The summed E-state index contributed by atoms with van der Waals surface area (Å²) in [6.07, 6.45) is -6.20. The normalized spacial score (nSPS) is 43.2. The van der Waals surface area contributed by atoms with Gasteiger partial charge in [0.2, 0.25) is 0 Å². The van der Waals surface area contributed by atoms with Crippen LogP contribution in [0.4, 0.5) is 0 Å². The molecule has 78 valence electrons. The highest BCUT2D eigenvalue weighted by Crippen LogP contribution is 2.21. The van der Waals surface area contributed by atoms with E-state index in [9.17, 15) is 10.2 Å². The van der Waals surface area contributed by atoms with E-state index in [2.05, 4.69) is 0 Å². The van der Waals surface area contributed by atoms with Crippen LogP contribution in [-0.4, -0.2) is 62.8 Å². The number of ether oxygens (including phenoxy) is 1. The second-order valence-electron chi connectivity index (χ2n) is 3.10. The van der Waals surface area contributed by atoms with E-state index in [0.29, 0.717) is 0 Å². The first-order chi connectivity index (χ1) is 6.06. The van der Waals surface area contributed by atoms with Crippen molar-refractivity contribution in [2.45, 2.75) is 37.1 Å². The molecule has 0 bridgehead atoms. The maximum absolute atomic E-state index is 9.30. The minimum Gasteiger partial charge on any atom is -0.394 e. The van der Waals surface area contributed by atoms with Gasteiger partial charge >= 0.3 is 0 Å². The Bertz CT molecular complexity index is 163. The minimum absolute atomic E-state index is 0.101. The molecule has 0 radical (unpaired) electrons. The molecule has 0 aromatic carbocycles. The van der Waals surface area contributed by atoms with Crippen molar-refractivity contribution < 1.29 is 30.3 Å². The van der Waals surface area contributed by atoms with E-state index >= 15 is 0 Å². The lowest BCUT2D eigenvalue weighted by Gasteiger charge is -2.36. The Morgan fingerprint density at radius 3 is 2.46 bits per heavy atom. The van der Waals surface area contributed by atoms with Gasteiger partial charge in [0.25, 0.3) is 0 Å². The topological polar surface area (TPSA) is 110 Å². The van der Waals surface area contributed by atoms with Crippen LogP contribution in [-0.2, 0) is 4.74 Å². The Morgan fingerprint density at radius 2 is 1.92 bits per heavy atom. The van der Waals surface area contributed by atoms with Gasteiger partial charge in [0.05, 0.1) is 12.7 Å². The lowest BCUT2D eigenvalue weighted by molar-refractivity contribution is -0.256. The van der Waals surface area contributed by atoms with Gasteiger partial charge in [0.15, 0.2) is 6.29 Å². The van der Waals surface area contributed by atoms with E-state index in [4.69, 9.17) is 20.1 Å². The van der Waals surface area contributed by atoms with Crippen LogP contribution in [0.1, 0.15) is 6.42 Å². The molecule has 0 spiro atoms. The molecule has 0 aromatic heterocycles. The molecule has 6 nitrogen and oxygen atoms in total. The maximum Gasteiger partial charge on any atom is 0.157 e. The Balaban J connectivity index is 2.60. The quantitative estimate of drug-likeness (QED) is 0.324. The van der Waals surface area contributed by atoms with Gasteiger partial charge in [-0.05, 0) is 0 Å². The Labute approximate surface area is 75.0 Å². The van der Waals surface area contributed by atoms with Crippen LogP contribution in [0.5, 0.6) is 0 Å². The van der Waals surface area contributed by atoms with E-state index in [1.54, 1.807) is 0 Å². The van der Waals surface area contributed by atoms with Gasteiger partial charge in [-0.25, -0.2) is 0 Å². The van der Waals surface area contributed by atoms with Crippen LogP contribution < -0.4 is 0 Å². The Kier molecular flexibility index (Phi) is 3.60. The largest absolute Gasteiger partial charge is 0.394 e. The summed E-state index contributed by atoms with van der Waals surface area (Å²) in [5, 5.41) is 45.2. The predicted molar refractivity (Wildman–Crippen MR) is 40.6 cm³/mol. The van der Waals surface area contributed by atoms with Crippen LogP contribution in [0.25, 0.3) is 0 Å². The smallest absolute Gasteiger partial charge is 0.157 e. The van der Waals surface area contributed by atoms with Crippen LogP contribution in [0.2, 0.25) is 0 Å². The second-order valence-corrected chi connectivity index (χ2v) is 3.10. The molecule has 1 aliphatic heterocycles. The summed E-state index contributed by atoms with van der Waals surface area (Å²) >= 11 is 0. The van der Waals surface area contributed by atoms with Gasteiger partial charge in [-0.1, -0.05) is 0 Å². The predicted octanol–water partition coefficient (Wildman–Crippen LogP) is -2.83. The van der Waals surface area contributed by atoms with E-state index < -0.39 is 37.3 Å². The fourth-order valence-corrected chi connectivity index (χ4v) is 1.30. The van der Waals surface area contributed by atoms with Gasteiger partial charge in [-0.3, -0.25) is 0 Å². The van der Waals surface area contributed by atoms with Crippen molar-refractivity contribution in [1.29, 1.82) is 0 Å². The third-order valence-corrected chi connectivity index (χ3v) is 2.05. The fourth-order valence-electron chi connectivity index (χ4n) is 1.30. The maximum atomic E-state index is 9.30. The molecule has 13 heavy (non-hydrogen) atoms. The van der Waals surface area contributed by atoms with Crippen molar-refractivity contribution in [1.82, 2.24) is 0 Å². The summed E-state index contributed by atoms with van der Waals surface area (Å²) in [6.45, 7) is -0.596. The van der Waals surface area contributed by atoms with E-state index in [1.165, 1.54) is 0 Å². The van der Waals surface area contributed by atoms with E-state index in [0.717, 1.165) is 0 Å². The van der Waals surface area contributed by atoms with Crippen LogP contribution >= 0.6 is 0 Å². The highest BCUT2D eigenvalue weighted by atomic mass is 16.6. The summed E-state index contributed by atoms with van der Waals surface area (Å²) in [6, 6.07) is 0. The molecule has 0 aliphatic carbocycles. The standard InChI is InChI=1S/C7H14O6/c8-2-4(10)7-6(12)3(9)1-5(11)13-7/h3-12H,1-2H2/t3-,4-,5?,6+,7-/m1/s1. The molecule has 6 heteroatoms. The Hall–Kier alpha value is -0.240. The lowest BCUT2D eigenvalue weighted by atomic mass is 9.98. The average molecular weight is 194 g/mol. The number of rotatable bonds is 2. The monoisotopic (exact) mass is 194 g/mol. The summed E-state index contributed by atoms with van der Waals surface area (Å²) in [7, 11) is 0. The number of hydrogen-bond acceptors (Lipinski definition) is 6. The van der Waals surface area contributed by atoms with Gasteiger partial charge in [0.1, 0.15) is 18.3 Å². The van der Waals surface area contributed by atoms with E-state index in [1.807, 2.05) is 0 Å². The number of aliphatic hydroxyl groups is 5. The second kappa shape index (κ2) is 4.32. The lowest BCUT2D eigenvalue weighted by Crippen LogP contribution is -2.54. The molecule has 1 unspecified atom stereocenters. The van der Waals surface area contributed by atoms with Crippen LogP contribution in [0.3, 0.4) is 0 Å². The van der Waals surface area contributed by atoms with Gasteiger partial charge in [0, 0.05) is 6.42 Å². The molecule has 0 amide bonds. The van der Waals surface area contributed by atoms with Gasteiger partial charge < -0.3 is 30.3 Å². The first-order valence-corrected chi connectivity index (χ1v) is 4.05. The fraction of sp³-hybridized carbons (Fsp3) is 1.00. The zero-order valence-corrected chi connectivity index (χ0v) is 6.95. The van der Waals surface area contributed by atoms with Crippen LogP contribution in [0, 0.1) is 0 Å². The van der Waals surface area contributed by atoms with Crippen molar-refractivity contribution in [2.24, 2.45) is 0 Å². The van der Waals surface area contributed by atoms with Gasteiger partial charge in [-0.15, -0.1) is 0 Å². The van der Waals surface area contributed by atoms with Crippen molar-refractivity contribution in [3.8, 4) is 0 Å². The summed E-state index contributed by atoms with van der Waals surface area (Å²) in [5.41, 5.74) is 0. The van der Waals surface area contributed by atoms with Gasteiger partial charge in [-0.2, -0.15) is 0 Å². The number of aliphatic hydroxyl groups excluding tert-OH is 5. The molecule has 1 rings (SSSR count). The third-order valence-electron chi connectivity index (χ3n) is 2.05. The molecule has 5 N–H and O–H groups in total. The molecular formula is C7H14O6. The zero-order valence-electron chi connectivity index (χ0n) is 6.95. The first kappa shape index (κ1) is 10.8. The van der Waals surface area contributed by atoms with Crippen molar-refractivity contribution in [3.05, 3.63) is 0 Å². The zero-order chi connectivity index (χ0) is 10.0. The molecular weight excluding hydrogens is 180 g/mol. The van der Waals surface area contributed by atoms with E-state index in [-0.39, 0.29) is 6.42 Å². The summed E-state index contributed by atoms with van der Waals surface area (Å²) in [4.78, 5) is 0. The van der Waals surface area contributed by atoms with Crippen molar-refractivity contribution >= 4 is 0 Å². The molecule has 0 aromatic rings. The summed E-state index contributed by atoms with van der Waals surface area (Å²) in [5.74, 6) is 0. The van der Waals surface area contributed by atoms with Crippen LogP contribution in [0.15, 0.2) is 0 Å². The number of hydrogen-bond donors (Lipinski definition) is 5.